The summed E-state index contributed by atoms with van der Waals surface area (Å²) in [6, 6.07) is 11.2. The molecule has 2 aromatic carbocycles. The van der Waals surface area contributed by atoms with Gasteiger partial charge in [-0.15, -0.1) is 0 Å². The lowest BCUT2D eigenvalue weighted by molar-refractivity contribution is -0.137. The first-order chi connectivity index (χ1) is 13.8. The number of carbonyl (C=O) groups is 2. The summed E-state index contributed by atoms with van der Waals surface area (Å²) in [5.41, 5.74) is -0.811. The number of likely N-dealkylation sites (tertiary alicyclic amines) is 1. The third-order valence-corrected chi connectivity index (χ3v) is 4.93. The van der Waals surface area contributed by atoms with Gasteiger partial charge in [-0.3, -0.25) is 9.59 Å². The number of halogens is 3. The van der Waals surface area contributed by atoms with Crippen molar-refractivity contribution in [3.8, 4) is 5.75 Å². The highest BCUT2D eigenvalue weighted by Crippen LogP contribution is 2.32. The van der Waals surface area contributed by atoms with Crippen molar-refractivity contribution < 1.29 is 27.5 Å². The Balaban J connectivity index is 1.59. The fraction of sp³-hybridized carbons (Fsp3) is 0.333. The SMILES string of the molecule is COc1ccc(C(=O)N2CCC(NC(=O)c3ccccc3C(F)(F)F)CC2)cc1. The molecular weight excluding hydrogens is 385 g/mol. The number of ether oxygens (including phenoxy) is 1. The van der Waals surface area contributed by atoms with Gasteiger partial charge in [-0.1, -0.05) is 12.1 Å². The molecule has 1 N–H and O–H groups in total. The molecule has 2 aromatic rings. The maximum atomic E-state index is 13.1. The lowest BCUT2D eigenvalue weighted by atomic mass is 10.0. The van der Waals surface area contributed by atoms with Crippen LogP contribution in [0.5, 0.6) is 5.75 Å². The Kier molecular flexibility index (Phi) is 6.10. The fourth-order valence-electron chi connectivity index (χ4n) is 3.33. The van der Waals surface area contributed by atoms with Crippen LogP contribution in [0.4, 0.5) is 13.2 Å². The van der Waals surface area contributed by atoms with Gasteiger partial charge in [0.2, 0.25) is 0 Å². The molecule has 0 atom stereocenters. The molecule has 2 amide bonds. The molecule has 3 rings (SSSR count). The molecule has 0 aliphatic carbocycles. The molecule has 1 saturated heterocycles. The van der Waals surface area contributed by atoms with Crippen LogP contribution < -0.4 is 10.1 Å². The predicted octanol–water partition coefficient (Wildman–Crippen LogP) is 3.75. The molecule has 154 valence electrons. The summed E-state index contributed by atoms with van der Waals surface area (Å²) in [6.45, 7) is 0.827. The first-order valence-corrected chi connectivity index (χ1v) is 9.20. The van der Waals surface area contributed by atoms with Crippen LogP contribution in [-0.4, -0.2) is 43.0 Å². The van der Waals surface area contributed by atoms with E-state index in [-0.39, 0.29) is 11.9 Å². The van der Waals surface area contributed by atoms with Crippen molar-refractivity contribution in [2.24, 2.45) is 0 Å². The number of hydrogen-bond donors (Lipinski definition) is 1. The van der Waals surface area contributed by atoms with Gasteiger partial charge in [0.05, 0.1) is 18.2 Å². The Morgan fingerprint density at radius 3 is 2.24 bits per heavy atom. The average Bonchev–Trinajstić information content (AvgIpc) is 2.73. The topological polar surface area (TPSA) is 58.6 Å². The average molecular weight is 406 g/mol. The van der Waals surface area contributed by atoms with Crippen molar-refractivity contribution in [1.82, 2.24) is 10.2 Å². The third-order valence-electron chi connectivity index (χ3n) is 4.93. The van der Waals surface area contributed by atoms with Crippen LogP contribution in [0.15, 0.2) is 48.5 Å². The Bertz CT molecular complexity index is 873. The van der Waals surface area contributed by atoms with Gasteiger partial charge < -0.3 is 15.0 Å². The van der Waals surface area contributed by atoms with Gasteiger partial charge >= 0.3 is 6.18 Å². The summed E-state index contributed by atoms with van der Waals surface area (Å²) >= 11 is 0. The minimum absolute atomic E-state index is 0.125. The number of hydrogen-bond acceptors (Lipinski definition) is 3. The summed E-state index contributed by atoms with van der Waals surface area (Å²) in [7, 11) is 1.54. The maximum Gasteiger partial charge on any atom is 0.417 e. The van der Waals surface area contributed by atoms with Crippen molar-refractivity contribution in [2.45, 2.75) is 25.1 Å². The number of carbonyl (C=O) groups excluding carboxylic acids is 2. The molecule has 0 unspecified atom stereocenters. The van der Waals surface area contributed by atoms with E-state index in [1.165, 1.54) is 18.2 Å². The van der Waals surface area contributed by atoms with Gasteiger partial charge in [0.25, 0.3) is 11.8 Å². The van der Waals surface area contributed by atoms with E-state index < -0.39 is 23.2 Å². The molecule has 1 aliphatic heterocycles. The smallest absolute Gasteiger partial charge is 0.417 e. The van der Waals surface area contributed by atoms with Crippen molar-refractivity contribution in [3.63, 3.8) is 0 Å². The number of rotatable bonds is 4. The zero-order chi connectivity index (χ0) is 21.0. The zero-order valence-electron chi connectivity index (χ0n) is 15.8. The van der Waals surface area contributed by atoms with Crippen molar-refractivity contribution in [1.29, 1.82) is 0 Å². The molecule has 0 bridgehead atoms. The van der Waals surface area contributed by atoms with Gasteiger partial charge in [0, 0.05) is 24.7 Å². The van der Waals surface area contributed by atoms with Gasteiger partial charge in [0.1, 0.15) is 5.75 Å². The van der Waals surface area contributed by atoms with Gasteiger partial charge in [-0.2, -0.15) is 13.2 Å². The molecule has 1 fully saturated rings. The molecule has 0 spiro atoms. The Hall–Kier alpha value is -3.03. The van der Waals surface area contributed by atoms with E-state index in [0.29, 0.717) is 37.2 Å². The monoisotopic (exact) mass is 406 g/mol. The summed E-state index contributed by atoms with van der Waals surface area (Å²) < 4.78 is 44.4. The molecule has 1 heterocycles. The quantitative estimate of drug-likeness (QED) is 0.842. The molecule has 0 aromatic heterocycles. The molecule has 0 saturated carbocycles. The van der Waals surface area contributed by atoms with E-state index in [1.807, 2.05) is 0 Å². The lowest BCUT2D eigenvalue weighted by Gasteiger charge is -2.32. The number of nitrogens with one attached hydrogen (secondary N) is 1. The van der Waals surface area contributed by atoms with Gasteiger partial charge in [0.15, 0.2) is 0 Å². The molecule has 29 heavy (non-hydrogen) atoms. The maximum absolute atomic E-state index is 13.1. The van der Waals surface area contributed by atoms with Crippen LogP contribution in [0.1, 0.15) is 39.1 Å². The van der Waals surface area contributed by atoms with Gasteiger partial charge in [-0.05, 0) is 49.2 Å². The summed E-state index contributed by atoms with van der Waals surface area (Å²) in [4.78, 5) is 26.6. The lowest BCUT2D eigenvalue weighted by Crippen LogP contribution is -2.46. The molecule has 1 aliphatic rings. The van der Waals surface area contributed by atoms with Crippen molar-refractivity contribution in [3.05, 3.63) is 65.2 Å². The Morgan fingerprint density at radius 2 is 1.66 bits per heavy atom. The van der Waals surface area contributed by atoms with Crippen LogP contribution in [0.3, 0.4) is 0 Å². The number of amides is 2. The van der Waals surface area contributed by atoms with E-state index in [0.717, 1.165) is 6.07 Å². The van der Waals surface area contributed by atoms with Crippen LogP contribution in [0.25, 0.3) is 0 Å². The fourth-order valence-corrected chi connectivity index (χ4v) is 3.33. The number of methoxy groups -OCH3 is 1. The van der Waals surface area contributed by atoms with Crippen LogP contribution in [0, 0.1) is 0 Å². The Labute approximate surface area is 166 Å². The molecule has 0 radical (unpaired) electrons. The van der Waals surface area contributed by atoms with Crippen LogP contribution >= 0.6 is 0 Å². The minimum Gasteiger partial charge on any atom is -0.497 e. The first kappa shape index (κ1) is 20.7. The van der Waals surface area contributed by atoms with Gasteiger partial charge in [-0.25, -0.2) is 0 Å². The summed E-state index contributed by atoms with van der Waals surface area (Å²) in [6.07, 6.45) is -3.65. The summed E-state index contributed by atoms with van der Waals surface area (Å²) in [5, 5.41) is 2.67. The highest BCUT2D eigenvalue weighted by Gasteiger charge is 2.35. The highest BCUT2D eigenvalue weighted by molar-refractivity contribution is 5.96. The van der Waals surface area contributed by atoms with E-state index >= 15 is 0 Å². The molecular formula is C21H21F3N2O3. The molecule has 5 nitrogen and oxygen atoms in total. The second kappa shape index (κ2) is 8.55. The van der Waals surface area contributed by atoms with Crippen LogP contribution in [-0.2, 0) is 6.18 Å². The normalized spacial score (nSPS) is 15.1. The van der Waals surface area contributed by atoms with E-state index in [9.17, 15) is 22.8 Å². The largest absolute Gasteiger partial charge is 0.497 e. The minimum atomic E-state index is -4.60. The van der Waals surface area contributed by atoms with Crippen molar-refractivity contribution >= 4 is 11.8 Å². The highest BCUT2D eigenvalue weighted by atomic mass is 19.4. The standard InChI is InChI=1S/C21H21F3N2O3/c1-29-16-8-6-14(7-9-16)20(28)26-12-10-15(11-13-26)25-19(27)17-4-2-3-5-18(17)21(22,23)24/h2-9,15H,10-13H2,1H3,(H,25,27). The third kappa shape index (κ3) is 4.88. The number of alkyl halides is 3. The number of benzene rings is 2. The predicted molar refractivity (Wildman–Crippen MR) is 101 cm³/mol. The Morgan fingerprint density at radius 1 is 1.03 bits per heavy atom. The molecule has 8 heteroatoms. The van der Waals surface area contributed by atoms with Crippen LogP contribution in [0.2, 0.25) is 0 Å². The van der Waals surface area contributed by atoms with Crippen molar-refractivity contribution in [2.75, 3.05) is 20.2 Å². The number of nitrogens with zero attached hydrogens (tertiary/aromatic N) is 1. The second-order valence-electron chi connectivity index (χ2n) is 6.81. The summed E-state index contributed by atoms with van der Waals surface area (Å²) in [5.74, 6) is -0.222. The second-order valence-corrected chi connectivity index (χ2v) is 6.81. The zero-order valence-corrected chi connectivity index (χ0v) is 15.8. The van der Waals surface area contributed by atoms with E-state index in [1.54, 1.807) is 36.3 Å². The number of piperidine rings is 1. The van der Waals surface area contributed by atoms with E-state index in [2.05, 4.69) is 5.32 Å². The van der Waals surface area contributed by atoms with E-state index in [4.69, 9.17) is 4.74 Å². The first-order valence-electron chi connectivity index (χ1n) is 9.20.